The van der Waals surface area contributed by atoms with E-state index < -0.39 is 0 Å². The number of anilines is 1. The molecule has 1 heterocycles. The lowest BCUT2D eigenvalue weighted by molar-refractivity contribution is 0.844. The van der Waals surface area contributed by atoms with Gasteiger partial charge in [-0.3, -0.25) is 0 Å². The third kappa shape index (κ3) is 2.87. The quantitative estimate of drug-likeness (QED) is 0.889. The minimum Gasteiger partial charge on any atom is -0.376 e. The Morgan fingerprint density at radius 3 is 2.76 bits per heavy atom. The van der Waals surface area contributed by atoms with Crippen LogP contribution in [0, 0.1) is 13.8 Å². The topological polar surface area (TPSA) is 24.9 Å². The monoisotopic (exact) mass is 310 g/mol. The molecule has 1 atom stereocenters. The van der Waals surface area contributed by atoms with Gasteiger partial charge in [0.2, 0.25) is 0 Å². The van der Waals surface area contributed by atoms with Crippen LogP contribution >= 0.6 is 27.3 Å². The summed E-state index contributed by atoms with van der Waals surface area (Å²) < 4.78 is 1.12. The highest BCUT2D eigenvalue weighted by molar-refractivity contribution is 9.10. The highest BCUT2D eigenvalue weighted by Crippen LogP contribution is 2.29. The first kappa shape index (κ1) is 12.6. The lowest BCUT2D eigenvalue weighted by Gasteiger charge is -2.15. The van der Waals surface area contributed by atoms with Crippen molar-refractivity contribution in [2.24, 2.45) is 0 Å². The van der Waals surface area contributed by atoms with Crippen molar-refractivity contribution < 1.29 is 0 Å². The Kier molecular flexibility index (Phi) is 3.84. The number of aryl methyl sites for hydroxylation is 2. The van der Waals surface area contributed by atoms with Gasteiger partial charge in [-0.05, 0) is 48.3 Å². The summed E-state index contributed by atoms with van der Waals surface area (Å²) in [4.78, 5) is 4.50. The van der Waals surface area contributed by atoms with Crippen molar-refractivity contribution in [1.29, 1.82) is 0 Å². The first-order chi connectivity index (χ1) is 8.08. The number of halogens is 1. The highest BCUT2D eigenvalue weighted by Gasteiger charge is 2.10. The van der Waals surface area contributed by atoms with E-state index in [1.807, 2.05) is 6.92 Å². The molecule has 2 aromatic rings. The SMILES string of the molecule is Cc1nc(C(C)Nc2cccc(C)c2Br)cs1. The molecule has 0 fully saturated rings. The molecule has 1 N–H and O–H groups in total. The van der Waals surface area contributed by atoms with Gasteiger partial charge in [0.05, 0.1) is 16.7 Å². The molecule has 1 unspecified atom stereocenters. The predicted octanol–water partition coefficient (Wildman–Crippen LogP) is 4.70. The van der Waals surface area contributed by atoms with Gasteiger partial charge in [0.25, 0.3) is 0 Å². The van der Waals surface area contributed by atoms with Gasteiger partial charge >= 0.3 is 0 Å². The van der Waals surface area contributed by atoms with Gasteiger partial charge < -0.3 is 5.32 Å². The molecule has 2 nitrogen and oxygen atoms in total. The summed E-state index contributed by atoms with van der Waals surface area (Å²) in [6.07, 6.45) is 0. The number of benzene rings is 1. The number of hydrogen-bond donors (Lipinski definition) is 1. The zero-order valence-corrected chi connectivity index (χ0v) is 12.5. The predicted molar refractivity (Wildman–Crippen MR) is 77.8 cm³/mol. The van der Waals surface area contributed by atoms with E-state index in [2.05, 4.69) is 63.7 Å². The summed E-state index contributed by atoms with van der Waals surface area (Å²) in [5, 5.41) is 6.69. The molecule has 0 aliphatic carbocycles. The van der Waals surface area contributed by atoms with Crippen LogP contribution in [-0.2, 0) is 0 Å². The summed E-state index contributed by atoms with van der Waals surface area (Å²) in [5.41, 5.74) is 3.45. The summed E-state index contributed by atoms with van der Waals surface area (Å²) in [6, 6.07) is 6.44. The van der Waals surface area contributed by atoms with Crippen molar-refractivity contribution in [3.05, 3.63) is 44.3 Å². The second-order valence-electron chi connectivity index (χ2n) is 4.09. The van der Waals surface area contributed by atoms with Crippen LogP contribution in [0.2, 0.25) is 0 Å². The molecule has 90 valence electrons. The number of nitrogens with one attached hydrogen (secondary N) is 1. The molecule has 1 aromatic carbocycles. The van der Waals surface area contributed by atoms with Crippen molar-refractivity contribution in [2.75, 3.05) is 5.32 Å². The number of aromatic nitrogens is 1. The molecule has 4 heteroatoms. The summed E-state index contributed by atoms with van der Waals surface area (Å²) in [5.74, 6) is 0. The van der Waals surface area contributed by atoms with Crippen molar-refractivity contribution in [3.63, 3.8) is 0 Å². The van der Waals surface area contributed by atoms with Crippen LogP contribution in [0.25, 0.3) is 0 Å². The number of hydrogen-bond acceptors (Lipinski definition) is 3. The number of nitrogens with zero attached hydrogens (tertiary/aromatic N) is 1. The molecule has 0 saturated heterocycles. The van der Waals surface area contributed by atoms with Crippen LogP contribution < -0.4 is 5.32 Å². The molecule has 0 saturated carbocycles. The second kappa shape index (κ2) is 5.19. The molecule has 1 aromatic heterocycles. The fourth-order valence-corrected chi connectivity index (χ4v) is 2.73. The molecule has 2 rings (SSSR count). The third-order valence-electron chi connectivity index (χ3n) is 2.64. The smallest absolute Gasteiger partial charge is 0.0898 e. The zero-order chi connectivity index (χ0) is 12.4. The summed E-state index contributed by atoms with van der Waals surface area (Å²) in [6.45, 7) is 6.25. The zero-order valence-electron chi connectivity index (χ0n) is 10.1. The molecule has 17 heavy (non-hydrogen) atoms. The van der Waals surface area contributed by atoms with E-state index in [-0.39, 0.29) is 6.04 Å². The highest BCUT2D eigenvalue weighted by atomic mass is 79.9. The normalized spacial score (nSPS) is 12.5. The van der Waals surface area contributed by atoms with E-state index in [4.69, 9.17) is 0 Å². The average molecular weight is 311 g/mol. The molecule has 0 radical (unpaired) electrons. The largest absolute Gasteiger partial charge is 0.376 e. The first-order valence-electron chi connectivity index (χ1n) is 5.51. The maximum absolute atomic E-state index is 4.50. The first-order valence-corrected chi connectivity index (χ1v) is 7.19. The van der Waals surface area contributed by atoms with Gasteiger partial charge in [-0.25, -0.2) is 4.98 Å². The fraction of sp³-hybridized carbons (Fsp3) is 0.308. The minimum atomic E-state index is 0.220. The Labute approximate surface area is 114 Å². The fourth-order valence-electron chi connectivity index (χ4n) is 1.65. The number of rotatable bonds is 3. The van der Waals surface area contributed by atoms with Gasteiger partial charge in [-0.15, -0.1) is 11.3 Å². The standard InChI is InChI=1S/C13H15BrN2S/c1-8-5-4-6-11(13(8)14)15-9(2)12-7-17-10(3)16-12/h4-7,9,15H,1-3H3. The molecular weight excluding hydrogens is 296 g/mol. The van der Waals surface area contributed by atoms with Gasteiger partial charge in [0, 0.05) is 15.5 Å². The van der Waals surface area contributed by atoms with Crippen LogP contribution in [0.3, 0.4) is 0 Å². The van der Waals surface area contributed by atoms with Crippen LogP contribution in [0.1, 0.15) is 29.2 Å². The summed E-state index contributed by atoms with van der Waals surface area (Å²) >= 11 is 5.29. The molecule has 0 bridgehead atoms. The van der Waals surface area contributed by atoms with Crippen LogP contribution in [0.4, 0.5) is 5.69 Å². The Bertz CT molecular complexity index is 522. The van der Waals surface area contributed by atoms with Crippen LogP contribution in [-0.4, -0.2) is 4.98 Å². The lowest BCUT2D eigenvalue weighted by Crippen LogP contribution is -2.07. The molecule has 0 amide bonds. The maximum Gasteiger partial charge on any atom is 0.0898 e. The van der Waals surface area contributed by atoms with Crippen LogP contribution in [0.15, 0.2) is 28.1 Å². The Balaban J connectivity index is 2.18. The van der Waals surface area contributed by atoms with E-state index in [9.17, 15) is 0 Å². The molecular formula is C13H15BrN2S. The van der Waals surface area contributed by atoms with E-state index in [0.717, 1.165) is 20.9 Å². The molecule has 0 aliphatic heterocycles. The van der Waals surface area contributed by atoms with Gasteiger partial charge in [-0.1, -0.05) is 12.1 Å². The van der Waals surface area contributed by atoms with Gasteiger partial charge in [-0.2, -0.15) is 0 Å². The Hall–Kier alpha value is -0.870. The van der Waals surface area contributed by atoms with Crippen molar-refractivity contribution in [2.45, 2.75) is 26.8 Å². The summed E-state index contributed by atoms with van der Waals surface area (Å²) in [7, 11) is 0. The van der Waals surface area contributed by atoms with E-state index in [0.29, 0.717) is 0 Å². The van der Waals surface area contributed by atoms with E-state index >= 15 is 0 Å². The van der Waals surface area contributed by atoms with Crippen molar-refractivity contribution in [1.82, 2.24) is 4.98 Å². The minimum absolute atomic E-state index is 0.220. The van der Waals surface area contributed by atoms with Gasteiger partial charge in [0.1, 0.15) is 0 Å². The average Bonchev–Trinajstić information content (AvgIpc) is 2.72. The molecule has 0 spiro atoms. The maximum atomic E-state index is 4.50. The lowest BCUT2D eigenvalue weighted by atomic mass is 10.2. The second-order valence-corrected chi connectivity index (χ2v) is 5.95. The van der Waals surface area contributed by atoms with Crippen molar-refractivity contribution in [3.8, 4) is 0 Å². The van der Waals surface area contributed by atoms with Crippen LogP contribution in [0.5, 0.6) is 0 Å². The van der Waals surface area contributed by atoms with E-state index in [1.165, 1.54) is 5.56 Å². The number of thiazole rings is 1. The Morgan fingerprint density at radius 2 is 2.12 bits per heavy atom. The van der Waals surface area contributed by atoms with E-state index in [1.54, 1.807) is 11.3 Å². The Morgan fingerprint density at radius 1 is 1.35 bits per heavy atom. The third-order valence-corrected chi connectivity index (χ3v) is 4.49. The van der Waals surface area contributed by atoms with Crippen molar-refractivity contribution >= 4 is 33.0 Å². The van der Waals surface area contributed by atoms with Gasteiger partial charge in [0.15, 0.2) is 0 Å². The molecule has 0 aliphatic rings.